The molecular formula is C11H25N2Si. The van der Waals surface area contributed by atoms with Crippen LogP contribution >= 0.6 is 0 Å². The van der Waals surface area contributed by atoms with Crippen LogP contribution < -0.4 is 9.96 Å². The standard InChI is InChI=1S/C11H25N2Si/c1-8-9-14(12-10(2,3)4)13-11(5,6)7/h8-9,12-13H,1-7H3. The largest absolute Gasteiger partial charge is 0.317 e. The molecule has 0 spiro atoms. The lowest BCUT2D eigenvalue weighted by Gasteiger charge is -2.31. The predicted molar refractivity (Wildman–Crippen MR) is 66.3 cm³/mol. The Hall–Kier alpha value is -0.123. The van der Waals surface area contributed by atoms with E-state index in [9.17, 15) is 0 Å². The molecule has 1 radical (unpaired) electrons. The SMILES string of the molecule is CC=C[Si](NC(C)(C)C)NC(C)(C)C. The van der Waals surface area contributed by atoms with Gasteiger partial charge in [-0.15, -0.1) is 0 Å². The molecule has 2 N–H and O–H groups in total. The zero-order chi connectivity index (χ0) is 11.4. The second kappa shape index (κ2) is 5.10. The zero-order valence-electron chi connectivity index (χ0n) is 10.7. The minimum atomic E-state index is -0.791. The first kappa shape index (κ1) is 13.9. The maximum atomic E-state index is 3.62. The second-order valence-corrected chi connectivity index (χ2v) is 7.32. The molecule has 3 heteroatoms. The summed E-state index contributed by atoms with van der Waals surface area (Å²) in [4.78, 5) is 7.24. The summed E-state index contributed by atoms with van der Waals surface area (Å²) in [6, 6.07) is 0. The Morgan fingerprint density at radius 2 is 1.21 bits per heavy atom. The van der Waals surface area contributed by atoms with Crippen LogP contribution in [0.5, 0.6) is 0 Å². The molecule has 0 atom stereocenters. The van der Waals surface area contributed by atoms with Gasteiger partial charge < -0.3 is 9.96 Å². The minimum absolute atomic E-state index is 0.173. The van der Waals surface area contributed by atoms with Crippen molar-refractivity contribution in [2.45, 2.75) is 59.5 Å². The fourth-order valence-corrected chi connectivity index (χ4v) is 3.27. The molecule has 0 unspecified atom stereocenters. The lowest BCUT2D eigenvalue weighted by atomic mass is 10.1. The summed E-state index contributed by atoms with van der Waals surface area (Å²) in [7, 11) is -0.791. The van der Waals surface area contributed by atoms with E-state index < -0.39 is 9.12 Å². The quantitative estimate of drug-likeness (QED) is 0.703. The number of allylic oxidation sites excluding steroid dienone is 1. The van der Waals surface area contributed by atoms with Crippen LogP contribution in [0.3, 0.4) is 0 Å². The van der Waals surface area contributed by atoms with Crippen LogP contribution in [0.15, 0.2) is 11.8 Å². The molecule has 0 heterocycles. The van der Waals surface area contributed by atoms with E-state index in [0.29, 0.717) is 0 Å². The highest BCUT2D eigenvalue weighted by Gasteiger charge is 2.21. The van der Waals surface area contributed by atoms with E-state index in [1.165, 1.54) is 0 Å². The van der Waals surface area contributed by atoms with Crippen molar-refractivity contribution in [1.82, 2.24) is 9.96 Å². The van der Waals surface area contributed by atoms with Gasteiger partial charge in [-0.3, -0.25) is 0 Å². The van der Waals surface area contributed by atoms with Gasteiger partial charge in [0, 0.05) is 11.1 Å². The topological polar surface area (TPSA) is 24.1 Å². The summed E-state index contributed by atoms with van der Waals surface area (Å²) in [5.41, 5.74) is 2.60. The van der Waals surface area contributed by atoms with Gasteiger partial charge in [-0.25, -0.2) is 0 Å². The third kappa shape index (κ3) is 8.47. The summed E-state index contributed by atoms with van der Waals surface area (Å²) in [5, 5.41) is 0. The fourth-order valence-electron chi connectivity index (χ4n) is 1.09. The second-order valence-electron chi connectivity index (χ2n) is 5.66. The molecule has 0 aromatic heterocycles. The first-order chi connectivity index (χ1) is 6.14. The average Bonchev–Trinajstić information content (AvgIpc) is 1.78. The molecule has 0 rings (SSSR count). The summed E-state index contributed by atoms with van der Waals surface area (Å²) >= 11 is 0. The van der Waals surface area contributed by atoms with Crippen LogP contribution in [0.1, 0.15) is 48.5 Å². The third-order valence-electron chi connectivity index (χ3n) is 1.35. The highest BCUT2D eigenvalue weighted by Crippen LogP contribution is 2.03. The van der Waals surface area contributed by atoms with Gasteiger partial charge in [0.25, 0.3) is 9.12 Å². The van der Waals surface area contributed by atoms with Crippen molar-refractivity contribution in [2.75, 3.05) is 0 Å². The molecule has 0 fully saturated rings. The first-order valence-corrected chi connectivity index (χ1v) is 6.78. The molecule has 0 aromatic carbocycles. The Bertz CT molecular complexity index is 170. The summed E-state index contributed by atoms with van der Waals surface area (Å²) in [5.74, 6) is 0. The van der Waals surface area contributed by atoms with Gasteiger partial charge in [-0.1, -0.05) is 11.8 Å². The van der Waals surface area contributed by atoms with E-state index in [0.717, 1.165) is 0 Å². The molecule has 0 bridgehead atoms. The van der Waals surface area contributed by atoms with E-state index >= 15 is 0 Å². The van der Waals surface area contributed by atoms with Crippen LogP contribution in [-0.2, 0) is 0 Å². The highest BCUT2D eigenvalue weighted by molar-refractivity contribution is 6.59. The lowest BCUT2D eigenvalue weighted by molar-refractivity contribution is 0.478. The monoisotopic (exact) mass is 213 g/mol. The van der Waals surface area contributed by atoms with Crippen molar-refractivity contribution in [2.24, 2.45) is 0 Å². The average molecular weight is 213 g/mol. The molecule has 0 aliphatic heterocycles. The molecule has 0 aliphatic rings. The Kier molecular flexibility index (Phi) is 5.05. The van der Waals surface area contributed by atoms with Crippen LogP contribution in [0.2, 0.25) is 0 Å². The molecule has 0 saturated heterocycles. The fraction of sp³-hybridized carbons (Fsp3) is 0.818. The first-order valence-electron chi connectivity index (χ1n) is 5.20. The number of hydrogen-bond donors (Lipinski definition) is 2. The molecule has 14 heavy (non-hydrogen) atoms. The highest BCUT2D eigenvalue weighted by atomic mass is 28.3. The molecule has 0 aliphatic carbocycles. The summed E-state index contributed by atoms with van der Waals surface area (Å²) < 4.78 is 0. The van der Waals surface area contributed by atoms with Crippen LogP contribution in [0.25, 0.3) is 0 Å². The maximum absolute atomic E-state index is 3.62. The van der Waals surface area contributed by atoms with Gasteiger partial charge in [0.2, 0.25) is 0 Å². The van der Waals surface area contributed by atoms with Crippen molar-refractivity contribution >= 4 is 9.12 Å². The van der Waals surface area contributed by atoms with Crippen molar-refractivity contribution in [3.63, 3.8) is 0 Å². The zero-order valence-corrected chi connectivity index (χ0v) is 11.7. The summed E-state index contributed by atoms with van der Waals surface area (Å²) in [6.45, 7) is 15.3. The normalized spacial score (nSPS) is 14.3. The number of nitrogens with one attached hydrogen (secondary N) is 2. The van der Waals surface area contributed by atoms with Gasteiger partial charge in [0.1, 0.15) is 0 Å². The Balaban J connectivity index is 4.31. The van der Waals surface area contributed by atoms with Crippen molar-refractivity contribution < 1.29 is 0 Å². The van der Waals surface area contributed by atoms with Gasteiger partial charge in [-0.05, 0) is 48.5 Å². The summed E-state index contributed by atoms with van der Waals surface area (Å²) in [6.07, 6.45) is 2.12. The van der Waals surface area contributed by atoms with Crippen molar-refractivity contribution in [3.05, 3.63) is 11.8 Å². The lowest BCUT2D eigenvalue weighted by Crippen LogP contribution is -2.59. The molecule has 0 saturated carbocycles. The number of rotatable bonds is 3. The van der Waals surface area contributed by atoms with E-state index in [2.05, 4.69) is 70.2 Å². The van der Waals surface area contributed by atoms with Crippen molar-refractivity contribution in [1.29, 1.82) is 0 Å². The Morgan fingerprint density at radius 3 is 1.43 bits per heavy atom. The van der Waals surface area contributed by atoms with E-state index in [1.807, 2.05) is 0 Å². The smallest absolute Gasteiger partial charge is 0.253 e. The minimum Gasteiger partial charge on any atom is -0.317 e. The maximum Gasteiger partial charge on any atom is 0.253 e. The molecular weight excluding hydrogens is 188 g/mol. The van der Waals surface area contributed by atoms with Gasteiger partial charge >= 0.3 is 0 Å². The molecule has 83 valence electrons. The predicted octanol–water partition coefficient (Wildman–Crippen LogP) is 2.37. The molecule has 0 aromatic rings. The third-order valence-corrected chi connectivity index (χ3v) is 4.06. The van der Waals surface area contributed by atoms with E-state index in [-0.39, 0.29) is 11.1 Å². The van der Waals surface area contributed by atoms with E-state index in [4.69, 9.17) is 0 Å². The van der Waals surface area contributed by atoms with Gasteiger partial charge in [-0.2, -0.15) is 0 Å². The van der Waals surface area contributed by atoms with Crippen molar-refractivity contribution in [3.8, 4) is 0 Å². The van der Waals surface area contributed by atoms with Gasteiger partial charge in [0.05, 0.1) is 0 Å². The Morgan fingerprint density at radius 1 is 0.857 bits per heavy atom. The van der Waals surface area contributed by atoms with Crippen LogP contribution in [0, 0.1) is 0 Å². The molecule has 2 nitrogen and oxygen atoms in total. The van der Waals surface area contributed by atoms with Gasteiger partial charge in [0.15, 0.2) is 0 Å². The number of hydrogen-bond acceptors (Lipinski definition) is 2. The van der Waals surface area contributed by atoms with Crippen LogP contribution in [0.4, 0.5) is 0 Å². The molecule has 0 amide bonds. The van der Waals surface area contributed by atoms with Crippen LogP contribution in [-0.4, -0.2) is 20.2 Å². The van der Waals surface area contributed by atoms with E-state index in [1.54, 1.807) is 0 Å². The Labute approximate surface area is 90.9 Å².